The van der Waals surface area contributed by atoms with Crippen LogP contribution < -0.4 is 5.32 Å². The van der Waals surface area contributed by atoms with Gasteiger partial charge in [-0.3, -0.25) is 4.79 Å². The number of nitrogens with one attached hydrogen (secondary N) is 1. The number of aromatic nitrogens is 2. The van der Waals surface area contributed by atoms with Gasteiger partial charge in [-0.15, -0.1) is 0 Å². The lowest BCUT2D eigenvalue weighted by atomic mass is 10.1. The molecule has 15 heavy (non-hydrogen) atoms. The van der Waals surface area contributed by atoms with Gasteiger partial charge in [-0.2, -0.15) is 0 Å². The number of nitrogens with zero attached hydrogens (tertiary/aromatic N) is 2. The molecule has 1 amide bonds. The lowest BCUT2D eigenvalue weighted by Gasteiger charge is -2.07. The molecule has 1 atom stereocenters. The normalized spacial score (nSPS) is 20.2. The Morgan fingerprint density at radius 3 is 3.00 bits per heavy atom. The number of rotatable bonds is 2. The summed E-state index contributed by atoms with van der Waals surface area (Å²) < 4.78 is 5.77. The molecular weight excluding hydrogens is 262 g/mol. The molecule has 0 aliphatic carbocycles. The van der Waals surface area contributed by atoms with E-state index < -0.39 is 0 Å². The number of amides is 1. The van der Waals surface area contributed by atoms with Crippen LogP contribution in [-0.2, 0) is 9.53 Å². The highest BCUT2D eigenvalue weighted by molar-refractivity contribution is 9.10. The van der Waals surface area contributed by atoms with Crippen LogP contribution in [0, 0.1) is 5.92 Å². The summed E-state index contributed by atoms with van der Waals surface area (Å²) in [7, 11) is 0. The molecule has 1 aliphatic rings. The van der Waals surface area contributed by atoms with E-state index in [9.17, 15) is 4.79 Å². The van der Waals surface area contributed by atoms with Crippen LogP contribution in [0.2, 0.25) is 0 Å². The molecule has 1 aromatic heterocycles. The first-order chi connectivity index (χ1) is 7.25. The van der Waals surface area contributed by atoms with E-state index >= 15 is 0 Å². The fraction of sp³-hybridized carbons (Fsp3) is 0.444. The predicted octanol–water partition coefficient (Wildman–Crippen LogP) is 1.21. The Morgan fingerprint density at radius 1 is 1.53 bits per heavy atom. The zero-order chi connectivity index (χ0) is 10.7. The van der Waals surface area contributed by atoms with Gasteiger partial charge in [0.05, 0.1) is 24.9 Å². The minimum atomic E-state index is -0.0598. The molecule has 1 unspecified atom stereocenters. The maximum atomic E-state index is 11.6. The summed E-state index contributed by atoms with van der Waals surface area (Å²) in [5.41, 5.74) is 0. The number of ether oxygens (including phenoxy) is 1. The third-order valence-electron chi connectivity index (χ3n) is 2.17. The Kier molecular flexibility index (Phi) is 3.27. The number of hydrogen-bond acceptors (Lipinski definition) is 4. The van der Waals surface area contributed by atoms with Crippen molar-refractivity contribution < 1.29 is 9.53 Å². The van der Waals surface area contributed by atoms with E-state index in [1.807, 2.05) is 0 Å². The monoisotopic (exact) mass is 271 g/mol. The standard InChI is InChI=1S/C9H10BrN3O2/c10-7-3-12-8(4-11-7)13-9(14)6-1-2-15-5-6/h3-4,6H,1-2,5H2,(H,12,13,14). The van der Waals surface area contributed by atoms with Gasteiger partial charge in [0.15, 0.2) is 5.82 Å². The second-order valence-corrected chi connectivity index (χ2v) is 4.09. The highest BCUT2D eigenvalue weighted by Gasteiger charge is 2.23. The maximum absolute atomic E-state index is 11.6. The topological polar surface area (TPSA) is 64.1 Å². The zero-order valence-corrected chi connectivity index (χ0v) is 9.53. The van der Waals surface area contributed by atoms with E-state index in [-0.39, 0.29) is 11.8 Å². The van der Waals surface area contributed by atoms with Gasteiger partial charge in [-0.05, 0) is 22.4 Å². The SMILES string of the molecule is O=C(Nc1cnc(Br)cn1)C1CCOC1. The van der Waals surface area contributed by atoms with Crippen molar-refractivity contribution in [3.05, 3.63) is 17.0 Å². The van der Waals surface area contributed by atoms with Gasteiger partial charge in [0.1, 0.15) is 4.60 Å². The average Bonchev–Trinajstić information content (AvgIpc) is 2.74. The summed E-state index contributed by atoms with van der Waals surface area (Å²) in [5.74, 6) is 0.356. The van der Waals surface area contributed by atoms with Gasteiger partial charge in [0, 0.05) is 6.61 Å². The Hall–Kier alpha value is -1.01. The van der Waals surface area contributed by atoms with Crippen molar-refractivity contribution in [3.63, 3.8) is 0 Å². The van der Waals surface area contributed by atoms with Crippen LogP contribution >= 0.6 is 15.9 Å². The number of hydrogen-bond donors (Lipinski definition) is 1. The summed E-state index contributed by atoms with van der Waals surface area (Å²) >= 11 is 3.17. The number of anilines is 1. The average molecular weight is 272 g/mol. The second-order valence-electron chi connectivity index (χ2n) is 3.27. The highest BCUT2D eigenvalue weighted by Crippen LogP contribution is 2.14. The van der Waals surface area contributed by atoms with Crippen LogP contribution in [0.5, 0.6) is 0 Å². The Balaban J connectivity index is 1.96. The van der Waals surface area contributed by atoms with Gasteiger partial charge < -0.3 is 10.1 Å². The molecule has 80 valence electrons. The molecule has 1 aliphatic heterocycles. The van der Waals surface area contributed by atoms with E-state index in [2.05, 4.69) is 31.2 Å². The van der Waals surface area contributed by atoms with Crippen molar-refractivity contribution in [1.29, 1.82) is 0 Å². The number of carbonyl (C=O) groups is 1. The summed E-state index contributed by atoms with van der Waals surface area (Å²) in [4.78, 5) is 19.6. The molecule has 1 N–H and O–H groups in total. The molecule has 1 fully saturated rings. The number of carbonyl (C=O) groups excluding carboxylic acids is 1. The lowest BCUT2D eigenvalue weighted by molar-refractivity contribution is -0.119. The molecule has 2 heterocycles. The predicted molar refractivity (Wildman–Crippen MR) is 57.3 cm³/mol. The highest BCUT2D eigenvalue weighted by atomic mass is 79.9. The van der Waals surface area contributed by atoms with Crippen molar-refractivity contribution in [3.8, 4) is 0 Å². The maximum Gasteiger partial charge on any atom is 0.231 e. The minimum absolute atomic E-state index is 0.0517. The third kappa shape index (κ3) is 2.73. The summed E-state index contributed by atoms with van der Waals surface area (Å²) in [6, 6.07) is 0. The van der Waals surface area contributed by atoms with Crippen LogP contribution in [0.4, 0.5) is 5.82 Å². The van der Waals surface area contributed by atoms with Gasteiger partial charge in [-0.25, -0.2) is 9.97 Å². The van der Waals surface area contributed by atoms with Gasteiger partial charge in [0.2, 0.25) is 5.91 Å². The fourth-order valence-corrected chi connectivity index (χ4v) is 1.55. The molecule has 2 rings (SSSR count). The van der Waals surface area contributed by atoms with E-state index in [0.29, 0.717) is 23.6 Å². The van der Waals surface area contributed by atoms with E-state index in [1.165, 1.54) is 6.20 Å². The fourth-order valence-electron chi connectivity index (χ4n) is 1.35. The van der Waals surface area contributed by atoms with Gasteiger partial charge in [-0.1, -0.05) is 0 Å². The molecule has 0 saturated carbocycles. The first-order valence-electron chi connectivity index (χ1n) is 4.62. The van der Waals surface area contributed by atoms with E-state index in [1.54, 1.807) is 6.20 Å². The molecule has 0 radical (unpaired) electrons. The van der Waals surface area contributed by atoms with E-state index in [0.717, 1.165) is 6.42 Å². The van der Waals surface area contributed by atoms with Crippen molar-refractivity contribution >= 4 is 27.7 Å². The van der Waals surface area contributed by atoms with Crippen LogP contribution in [0.1, 0.15) is 6.42 Å². The molecule has 5 nitrogen and oxygen atoms in total. The summed E-state index contributed by atoms with van der Waals surface area (Å²) in [6.07, 6.45) is 3.83. The van der Waals surface area contributed by atoms with Crippen molar-refractivity contribution in [2.45, 2.75) is 6.42 Å². The van der Waals surface area contributed by atoms with Crippen LogP contribution in [0.3, 0.4) is 0 Å². The lowest BCUT2D eigenvalue weighted by Crippen LogP contribution is -2.23. The number of halogens is 1. The molecule has 0 spiro atoms. The third-order valence-corrected chi connectivity index (χ3v) is 2.58. The largest absolute Gasteiger partial charge is 0.381 e. The molecule has 1 aromatic rings. The van der Waals surface area contributed by atoms with Gasteiger partial charge >= 0.3 is 0 Å². The first kappa shape index (κ1) is 10.5. The van der Waals surface area contributed by atoms with Crippen molar-refractivity contribution in [2.75, 3.05) is 18.5 Å². The summed E-state index contributed by atoms with van der Waals surface area (Å²) in [6.45, 7) is 1.15. The van der Waals surface area contributed by atoms with Crippen molar-refractivity contribution in [1.82, 2.24) is 9.97 Å². The quantitative estimate of drug-likeness (QED) is 0.879. The van der Waals surface area contributed by atoms with Gasteiger partial charge in [0.25, 0.3) is 0 Å². The Bertz CT molecular complexity index is 349. The molecule has 0 aromatic carbocycles. The van der Waals surface area contributed by atoms with Crippen molar-refractivity contribution in [2.24, 2.45) is 5.92 Å². The second kappa shape index (κ2) is 4.67. The Morgan fingerprint density at radius 2 is 2.40 bits per heavy atom. The minimum Gasteiger partial charge on any atom is -0.381 e. The van der Waals surface area contributed by atoms with Crippen LogP contribution in [-0.4, -0.2) is 29.1 Å². The summed E-state index contributed by atoms with van der Waals surface area (Å²) in [5, 5.41) is 2.70. The Labute approximate surface area is 95.4 Å². The van der Waals surface area contributed by atoms with E-state index in [4.69, 9.17) is 4.74 Å². The molecule has 6 heteroatoms. The smallest absolute Gasteiger partial charge is 0.231 e. The van der Waals surface area contributed by atoms with Crippen LogP contribution in [0.25, 0.3) is 0 Å². The zero-order valence-electron chi connectivity index (χ0n) is 7.94. The van der Waals surface area contributed by atoms with Crippen LogP contribution in [0.15, 0.2) is 17.0 Å². The molecule has 1 saturated heterocycles. The molecular formula is C9H10BrN3O2. The first-order valence-corrected chi connectivity index (χ1v) is 5.41. The molecule has 0 bridgehead atoms.